The molecule has 0 saturated heterocycles. The van der Waals surface area contributed by atoms with Crippen LogP contribution in [0, 0.1) is 12.8 Å². The average molecular weight is 696 g/mol. The van der Waals surface area contributed by atoms with E-state index in [9.17, 15) is 19.5 Å². The van der Waals surface area contributed by atoms with Crippen LogP contribution in [0.25, 0.3) is 10.9 Å². The lowest BCUT2D eigenvalue weighted by atomic mass is 9.84. The third-order valence-corrected chi connectivity index (χ3v) is 8.33. The summed E-state index contributed by atoms with van der Waals surface area (Å²) >= 11 is 0. The van der Waals surface area contributed by atoms with Gasteiger partial charge in [0.15, 0.2) is 11.5 Å². The van der Waals surface area contributed by atoms with Crippen LogP contribution in [0.2, 0.25) is 0 Å². The van der Waals surface area contributed by atoms with E-state index in [2.05, 4.69) is 58.4 Å². The zero-order valence-corrected chi connectivity index (χ0v) is 32.4. The number of carbonyl (C=O) groups is 3. The smallest absolute Gasteiger partial charge is 0.289 e. The van der Waals surface area contributed by atoms with Crippen molar-refractivity contribution in [3.63, 3.8) is 0 Å². The summed E-state index contributed by atoms with van der Waals surface area (Å²) in [6.45, 7) is 27.4. The second-order valence-corrected chi connectivity index (χ2v) is 13.9. The number of carbonyl (C=O) groups excluding carboxylic acids is 3. The molecular formula is C40H61N3O7. The summed E-state index contributed by atoms with van der Waals surface area (Å²) in [6, 6.07) is 13.2. The van der Waals surface area contributed by atoms with Gasteiger partial charge in [-0.25, -0.2) is 0 Å². The van der Waals surface area contributed by atoms with E-state index in [1.807, 2.05) is 71.0 Å². The molecule has 278 valence electrons. The van der Waals surface area contributed by atoms with Crippen LogP contribution in [0.15, 0.2) is 54.8 Å². The first kappa shape index (κ1) is 43.6. The summed E-state index contributed by atoms with van der Waals surface area (Å²) < 4.78 is 21.3. The maximum absolute atomic E-state index is 13.2. The lowest BCUT2D eigenvalue weighted by Gasteiger charge is -2.40. The Balaban J connectivity index is 0.00000194. The van der Waals surface area contributed by atoms with Crippen molar-refractivity contribution in [3.05, 3.63) is 66.1 Å². The Hall–Kier alpha value is -4.47. The highest BCUT2D eigenvalue weighted by Crippen LogP contribution is 2.43. The zero-order valence-electron chi connectivity index (χ0n) is 32.4. The van der Waals surface area contributed by atoms with Gasteiger partial charge in [-0.1, -0.05) is 66.3 Å². The van der Waals surface area contributed by atoms with E-state index >= 15 is 0 Å². The fourth-order valence-corrected chi connectivity index (χ4v) is 6.43. The van der Waals surface area contributed by atoms with Crippen LogP contribution in [0.5, 0.6) is 17.2 Å². The predicted octanol–water partition coefficient (Wildman–Crippen LogP) is 8.55. The largest absolute Gasteiger partial charge is 0.509 e. The molecular weight excluding hydrogens is 634 g/mol. The van der Waals surface area contributed by atoms with Crippen LogP contribution >= 0.6 is 0 Å². The topological polar surface area (TPSA) is 156 Å². The van der Waals surface area contributed by atoms with E-state index in [1.54, 1.807) is 6.07 Å². The van der Waals surface area contributed by atoms with E-state index in [0.717, 1.165) is 12.8 Å². The fourth-order valence-electron chi connectivity index (χ4n) is 6.43. The van der Waals surface area contributed by atoms with Crippen LogP contribution in [0.1, 0.15) is 118 Å². The van der Waals surface area contributed by atoms with Crippen LogP contribution in [0.4, 0.5) is 0 Å². The van der Waals surface area contributed by atoms with E-state index < -0.39 is 22.8 Å². The molecule has 50 heavy (non-hydrogen) atoms. The number of Topliss-reactive ketones (excluding diaryl/α,β-unsaturated/α-hetero) is 1. The summed E-state index contributed by atoms with van der Waals surface area (Å²) in [5.41, 5.74) is 9.91. The number of ether oxygens (including phenoxy) is 3. The second kappa shape index (κ2) is 18.5. The number of nitrogens with two attached hydrogens (primary N) is 2. The molecule has 10 heteroatoms. The van der Waals surface area contributed by atoms with Gasteiger partial charge in [0.05, 0.1) is 16.5 Å². The first-order valence-electron chi connectivity index (χ1n) is 17.4. The SMILES string of the molecule is C=C(O)COc1cccc2c1c(C(=O)C(N)=O)c(C)n2C(C)(CC)CC(C)(C)Oc1ccccc1OC(C)(CC)CC(C)C.CC.CC(N)=O. The van der Waals surface area contributed by atoms with Crippen molar-refractivity contribution >= 4 is 28.5 Å². The van der Waals surface area contributed by atoms with Gasteiger partial charge in [-0.2, -0.15) is 0 Å². The molecule has 0 saturated carbocycles. The molecule has 3 rings (SSSR count). The van der Waals surface area contributed by atoms with Gasteiger partial charge >= 0.3 is 0 Å². The van der Waals surface area contributed by atoms with Crippen molar-refractivity contribution in [2.24, 2.45) is 17.4 Å². The molecule has 2 amide bonds. The molecule has 2 atom stereocenters. The molecule has 3 aromatic rings. The number of nitrogens with zero attached hydrogens (tertiary/aromatic N) is 1. The summed E-state index contributed by atoms with van der Waals surface area (Å²) in [5, 5.41) is 10.1. The Morgan fingerprint density at radius 3 is 1.88 bits per heavy atom. The molecule has 5 N–H and O–H groups in total. The molecule has 2 aromatic carbocycles. The summed E-state index contributed by atoms with van der Waals surface area (Å²) in [5.74, 6) is -0.148. The molecule has 0 aliphatic rings. The van der Waals surface area contributed by atoms with Crippen LogP contribution in [0.3, 0.4) is 0 Å². The standard InChI is InChI=1S/C36H50N2O6.C2H5NO.C2H6/c1-11-35(9,22-34(7,8)43-27-17-13-14-18-28(27)44-36(10,12-2)20-23(3)4)38-25(6)30(32(40)33(37)41)31-26(38)16-15-19-29(31)42-21-24(5)39;1-2(3)4;1-2/h13-19,23,39H,5,11-12,20-22H2,1-4,6-10H3,(H2,37,41);1H3,(H2,3,4);1-2H3. The van der Waals surface area contributed by atoms with Gasteiger partial charge in [0.25, 0.3) is 11.7 Å². The summed E-state index contributed by atoms with van der Waals surface area (Å²) in [7, 11) is 0. The Morgan fingerprint density at radius 1 is 0.900 bits per heavy atom. The number of rotatable bonds is 16. The van der Waals surface area contributed by atoms with E-state index in [1.165, 1.54) is 6.92 Å². The number of amides is 2. The molecule has 1 heterocycles. The molecule has 0 aliphatic heterocycles. The first-order chi connectivity index (χ1) is 23.2. The number of aliphatic hydroxyl groups excluding tert-OH is 1. The summed E-state index contributed by atoms with van der Waals surface area (Å²) in [4.78, 5) is 34.6. The summed E-state index contributed by atoms with van der Waals surface area (Å²) in [6.07, 6.45) is 3.02. The average Bonchev–Trinajstić information content (AvgIpc) is 3.33. The Kier molecular flexibility index (Phi) is 16.1. The molecule has 0 bridgehead atoms. The monoisotopic (exact) mass is 695 g/mol. The van der Waals surface area contributed by atoms with Crippen molar-refractivity contribution in [3.8, 4) is 17.2 Å². The highest BCUT2D eigenvalue weighted by molar-refractivity contribution is 6.45. The number of benzene rings is 2. The molecule has 0 spiro atoms. The third-order valence-electron chi connectivity index (χ3n) is 8.33. The van der Waals surface area contributed by atoms with Crippen molar-refractivity contribution in [1.82, 2.24) is 4.57 Å². The van der Waals surface area contributed by atoms with Crippen LogP contribution in [-0.4, -0.2) is 45.1 Å². The number of hydrogen-bond acceptors (Lipinski definition) is 7. The zero-order chi connectivity index (χ0) is 38.6. The predicted molar refractivity (Wildman–Crippen MR) is 202 cm³/mol. The number of primary amides is 2. The van der Waals surface area contributed by atoms with Crippen LogP contribution in [-0.2, 0) is 15.1 Å². The minimum absolute atomic E-state index is 0.158. The second-order valence-electron chi connectivity index (χ2n) is 13.9. The van der Waals surface area contributed by atoms with Crippen molar-refractivity contribution < 1.29 is 33.7 Å². The van der Waals surface area contributed by atoms with E-state index in [4.69, 9.17) is 19.9 Å². The van der Waals surface area contributed by atoms with Gasteiger partial charge in [-0.3, -0.25) is 14.4 Å². The number of ketones is 1. The minimum atomic E-state index is -1.05. The van der Waals surface area contributed by atoms with Gasteiger partial charge < -0.3 is 35.4 Å². The number of hydrogen-bond donors (Lipinski definition) is 3. The van der Waals surface area contributed by atoms with E-state index in [0.29, 0.717) is 52.6 Å². The number of aliphatic hydroxyl groups is 1. The van der Waals surface area contributed by atoms with Crippen molar-refractivity contribution in [1.29, 1.82) is 0 Å². The maximum Gasteiger partial charge on any atom is 0.289 e. The Labute approximate surface area is 299 Å². The Morgan fingerprint density at radius 2 is 1.42 bits per heavy atom. The lowest BCUT2D eigenvalue weighted by molar-refractivity contribution is -0.116. The Bertz CT molecular complexity index is 1620. The molecule has 1 aromatic heterocycles. The van der Waals surface area contributed by atoms with Gasteiger partial charge in [-0.15, -0.1) is 0 Å². The highest BCUT2D eigenvalue weighted by atomic mass is 16.5. The van der Waals surface area contributed by atoms with Gasteiger partial charge in [-0.05, 0) is 84.1 Å². The van der Waals surface area contributed by atoms with Gasteiger partial charge in [0, 0.05) is 24.6 Å². The van der Waals surface area contributed by atoms with Crippen LogP contribution < -0.4 is 25.7 Å². The lowest BCUT2D eigenvalue weighted by Crippen LogP contribution is -2.42. The highest BCUT2D eigenvalue weighted by Gasteiger charge is 2.39. The minimum Gasteiger partial charge on any atom is -0.509 e. The van der Waals surface area contributed by atoms with Gasteiger partial charge in [0.1, 0.15) is 29.3 Å². The number of aromatic nitrogens is 1. The molecule has 0 fully saturated rings. The molecule has 2 unspecified atom stereocenters. The fraction of sp³-hybridized carbons (Fsp3) is 0.525. The normalized spacial score (nSPS) is 13.5. The first-order valence-corrected chi connectivity index (χ1v) is 17.4. The molecule has 0 radical (unpaired) electrons. The van der Waals surface area contributed by atoms with E-state index in [-0.39, 0.29) is 29.4 Å². The molecule has 0 aliphatic carbocycles. The van der Waals surface area contributed by atoms with Crippen molar-refractivity contribution in [2.75, 3.05) is 6.61 Å². The maximum atomic E-state index is 13.2. The van der Waals surface area contributed by atoms with Gasteiger partial charge in [0.2, 0.25) is 5.91 Å². The number of fused-ring (bicyclic) bond motifs is 1. The quantitative estimate of drug-likeness (QED) is 0.0770. The van der Waals surface area contributed by atoms with Crippen molar-refractivity contribution in [2.45, 2.75) is 126 Å². The number of para-hydroxylation sites is 2. The molecule has 10 nitrogen and oxygen atoms in total. The third kappa shape index (κ3) is 11.6.